The van der Waals surface area contributed by atoms with Crippen molar-refractivity contribution < 1.29 is 9.53 Å². The Balaban J connectivity index is 2.07. The number of nitrogens with one attached hydrogen (secondary N) is 2. The van der Waals surface area contributed by atoms with E-state index < -0.39 is 5.91 Å². The number of ether oxygens (including phenoxy) is 1. The molecule has 1 amide bonds. The van der Waals surface area contributed by atoms with Crippen LogP contribution in [0.2, 0.25) is 5.02 Å². The molecular weight excluding hydrogens is 326 g/mol. The molecular formula is C18H16ClN3O2. The Morgan fingerprint density at radius 2 is 1.88 bits per heavy atom. The average Bonchev–Trinajstić information content (AvgIpc) is 2.59. The van der Waals surface area contributed by atoms with Gasteiger partial charge in [0.2, 0.25) is 0 Å². The zero-order chi connectivity index (χ0) is 17.5. The molecule has 0 aliphatic carbocycles. The van der Waals surface area contributed by atoms with Crippen molar-refractivity contribution in [1.82, 2.24) is 0 Å². The van der Waals surface area contributed by atoms with Crippen LogP contribution in [0.15, 0.2) is 54.2 Å². The lowest BCUT2D eigenvalue weighted by Gasteiger charge is -2.07. The van der Waals surface area contributed by atoms with E-state index in [0.29, 0.717) is 10.7 Å². The molecule has 24 heavy (non-hydrogen) atoms. The number of hydrogen-bond acceptors (Lipinski definition) is 4. The molecule has 0 heterocycles. The molecule has 5 nitrogen and oxygen atoms in total. The molecule has 0 saturated carbocycles. The zero-order valence-corrected chi connectivity index (χ0v) is 14.0. The van der Waals surface area contributed by atoms with Gasteiger partial charge in [-0.2, -0.15) is 5.26 Å². The molecule has 2 rings (SSSR count). The van der Waals surface area contributed by atoms with Crippen molar-refractivity contribution in [3.05, 3.63) is 64.8 Å². The monoisotopic (exact) mass is 341 g/mol. The standard InChI is InChI=1S/C18H16ClN3O2/c1-12-3-4-15(9-17(12)19)22-18(23)13(10-20)11-21-14-5-7-16(24-2)8-6-14/h3-9,11,21H,1-2H3,(H,22,23)/b13-11-. The lowest BCUT2D eigenvalue weighted by atomic mass is 10.2. The lowest BCUT2D eigenvalue weighted by Crippen LogP contribution is -2.14. The molecule has 0 atom stereocenters. The van der Waals surface area contributed by atoms with Crippen molar-refractivity contribution in [2.24, 2.45) is 0 Å². The molecule has 122 valence electrons. The molecule has 2 aromatic carbocycles. The Morgan fingerprint density at radius 3 is 2.46 bits per heavy atom. The summed E-state index contributed by atoms with van der Waals surface area (Å²) in [4.78, 5) is 12.2. The van der Waals surface area contributed by atoms with Crippen LogP contribution in [0.25, 0.3) is 0 Å². The molecule has 0 fully saturated rings. The first kappa shape index (κ1) is 17.4. The number of aryl methyl sites for hydroxylation is 1. The summed E-state index contributed by atoms with van der Waals surface area (Å²) in [6.45, 7) is 1.87. The number of nitriles is 1. The van der Waals surface area contributed by atoms with Gasteiger partial charge in [-0.25, -0.2) is 0 Å². The van der Waals surface area contributed by atoms with Gasteiger partial charge in [0.25, 0.3) is 5.91 Å². The summed E-state index contributed by atoms with van der Waals surface area (Å²) in [5.41, 5.74) is 2.12. The molecule has 0 spiro atoms. The molecule has 0 radical (unpaired) electrons. The Bertz CT molecular complexity index is 808. The number of halogens is 1. The normalized spacial score (nSPS) is 10.7. The zero-order valence-electron chi connectivity index (χ0n) is 13.3. The second kappa shape index (κ2) is 8.04. The van der Waals surface area contributed by atoms with Crippen molar-refractivity contribution in [1.29, 1.82) is 5.26 Å². The van der Waals surface area contributed by atoms with Gasteiger partial charge < -0.3 is 15.4 Å². The molecule has 0 saturated heterocycles. The van der Waals surface area contributed by atoms with E-state index in [0.717, 1.165) is 17.0 Å². The first-order valence-electron chi connectivity index (χ1n) is 7.12. The van der Waals surface area contributed by atoms with Crippen molar-refractivity contribution in [2.45, 2.75) is 6.92 Å². The second-order valence-corrected chi connectivity index (χ2v) is 5.37. The number of benzene rings is 2. The smallest absolute Gasteiger partial charge is 0.267 e. The topological polar surface area (TPSA) is 74.1 Å². The Kier molecular flexibility index (Phi) is 5.83. The van der Waals surface area contributed by atoms with Crippen molar-refractivity contribution in [2.75, 3.05) is 17.7 Å². The first-order chi connectivity index (χ1) is 11.5. The predicted molar refractivity (Wildman–Crippen MR) is 95.1 cm³/mol. The SMILES string of the molecule is COc1ccc(N/C=C(/C#N)C(=O)Nc2ccc(C)c(Cl)c2)cc1. The highest BCUT2D eigenvalue weighted by Gasteiger charge is 2.10. The van der Waals surface area contributed by atoms with Gasteiger partial charge in [-0.3, -0.25) is 4.79 Å². The molecule has 6 heteroatoms. The fourth-order valence-corrected chi connectivity index (χ4v) is 2.04. The quantitative estimate of drug-likeness (QED) is 0.634. The summed E-state index contributed by atoms with van der Waals surface area (Å²) in [7, 11) is 1.58. The Morgan fingerprint density at radius 1 is 1.21 bits per heavy atom. The maximum atomic E-state index is 12.2. The summed E-state index contributed by atoms with van der Waals surface area (Å²) >= 11 is 6.02. The van der Waals surface area contributed by atoms with E-state index in [4.69, 9.17) is 21.6 Å². The van der Waals surface area contributed by atoms with Crippen molar-refractivity contribution >= 4 is 28.9 Å². The second-order valence-electron chi connectivity index (χ2n) is 4.96. The number of methoxy groups -OCH3 is 1. The first-order valence-corrected chi connectivity index (χ1v) is 7.49. The van der Waals surface area contributed by atoms with E-state index >= 15 is 0 Å². The van der Waals surface area contributed by atoms with Gasteiger partial charge in [0.05, 0.1) is 7.11 Å². The summed E-state index contributed by atoms with van der Waals surface area (Å²) in [6.07, 6.45) is 1.35. The molecule has 0 bridgehead atoms. The van der Waals surface area contributed by atoms with Crippen LogP contribution in [0.5, 0.6) is 5.75 Å². The largest absolute Gasteiger partial charge is 0.497 e. The summed E-state index contributed by atoms with van der Waals surface area (Å²) in [6, 6.07) is 14.1. The lowest BCUT2D eigenvalue weighted by molar-refractivity contribution is -0.112. The molecule has 2 N–H and O–H groups in total. The minimum atomic E-state index is -0.515. The fourth-order valence-electron chi connectivity index (χ4n) is 1.86. The number of carbonyl (C=O) groups excluding carboxylic acids is 1. The van der Waals surface area contributed by atoms with Crippen LogP contribution in [0.3, 0.4) is 0 Å². The average molecular weight is 342 g/mol. The summed E-state index contributed by atoms with van der Waals surface area (Å²) in [5.74, 6) is 0.206. The Labute approximate surface area is 145 Å². The maximum Gasteiger partial charge on any atom is 0.267 e. The van der Waals surface area contributed by atoms with Gasteiger partial charge in [-0.05, 0) is 48.9 Å². The third kappa shape index (κ3) is 4.51. The van der Waals surface area contributed by atoms with Gasteiger partial charge in [-0.1, -0.05) is 17.7 Å². The number of amides is 1. The van der Waals surface area contributed by atoms with Gasteiger partial charge in [-0.15, -0.1) is 0 Å². The van der Waals surface area contributed by atoms with Crippen LogP contribution < -0.4 is 15.4 Å². The van der Waals surface area contributed by atoms with Crippen molar-refractivity contribution in [3.63, 3.8) is 0 Å². The number of hydrogen-bond donors (Lipinski definition) is 2. The van der Waals surface area contributed by atoms with E-state index in [2.05, 4.69) is 10.6 Å². The predicted octanol–water partition coefficient (Wildman–Crippen LogP) is 4.12. The van der Waals surface area contributed by atoms with E-state index in [1.165, 1.54) is 6.20 Å². The van der Waals surface area contributed by atoms with E-state index in [-0.39, 0.29) is 5.57 Å². The Hall–Kier alpha value is -2.97. The molecule has 2 aromatic rings. The van der Waals surface area contributed by atoms with Crippen LogP contribution in [0.1, 0.15) is 5.56 Å². The van der Waals surface area contributed by atoms with E-state index in [1.807, 2.05) is 13.0 Å². The third-order valence-corrected chi connectivity index (χ3v) is 3.68. The minimum absolute atomic E-state index is 0.0532. The summed E-state index contributed by atoms with van der Waals surface area (Å²) < 4.78 is 5.07. The van der Waals surface area contributed by atoms with E-state index in [1.54, 1.807) is 49.6 Å². The maximum absolute atomic E-state index is 12.2. The molecule has 0 unspecified atom stereocenters. The van der Waals surface area contributed by atoms with Crippen LogP contribution in [0.4, 0.5) is 11.4 Å². The van der Waals surface area contributed by atoms with Gasteiger partial charge in [0, 0.05) is 22.6 Å². The van der Waals surface area contributed by atoms with Gasteiger partial charge in [0.1, 0.15) is 17.4 Å². The van der Waals surface area contributed by atoms with Crippen LogP contribution in [-0.2, 0) is 4.79 Å². The van der Waals surface area contributed by atoms with E-state index in [9.17, 15) is 4.79 Å². The highest BCUT2D eigenvalue weighted by atomic mass is 35.5. The third-order valence-electron chi connectivity index (χ3n) is 3.27. The van der Waals surface area contributed by atoms with Crippen LogP contribution in [-0.4, -0.2) is 13.0 Å². The highest BCUT2D eigenvalue weighted by Crippen LogP contribution is 2.20. The fraction of sp³-hybridized carbons (Fsp3) is 0.111. The minimum Gasteiger partial charge on any atom is -0.497 e. The number of carbonyl (C=O) groups is 1. The molecule has 0 aliphatic rings. The van der Waals surface area contributed by atoms with Gasteiger partial charge in [0.15, 0.2) is 0 Å². The summed E-state index contributed by atoms with van der Waals surface area (Å²) in [5, 5.41) is 15.3. The highest BCUT2D eigenvalue weighted by molar-refractivity contribution is 6.31. The number of nitrogens with zero attached hydrogens (tertiary/aromatic N) is 1. The van der Waals surface area contributed by atoms with Crippen LogP contribution in [0, 0.1) is 18.3 Å². The number of rotatable bonds is 5. The molecule has 0 aromatic heterocycles. The van der Waals surface area contributed by atoms with Crippen molar-refractivity contribution in [3.8, 4) is 11.8 Å². The molecule has 0 aliphatic heterocycles. The van der Waals surface area contributed by atoms with Gasteiger partial charge >= 0.3 is 0 Å². The van der Waals surface area contributed by atoms with Crippen LogP contribution >= 0.6 is 11.6 Å². The number of anilines is 2.